The summed E-state index contributed by atoms with van der Waals surface area (Å²) in [6.45, 7) is 4.23. The second-order valence-electron chi connectivity index (χ2n) is 14.9. The number of benzene rings is 3. The van der Waals surface area contributed by atoms with Crippen LogP contribution in [0.25, 0.3) is 0 Å². The lowest BCUT2D eigenvalue weighted by atomic mass is 9.98. The van der Waals surface area contributed by atoms with Crippen molar-refractivity contribution < 1.29 is 47.8 Å². The lowest BCUT2D eigenvalue weighted by molar-refractivity contribution is -0.149. The smallest absolute Gasteiger partial charge is 0.246 e. The van der Waals surface area contributed by atoms with Gasteiger partial charge in [-0.1, -0.05) is 42.1 Å². The Kier molecular flexibility index (Phi) is 14.8. The van der Waals surface area contributed by atoms with E-state index in [1.165, 1.54) is 70.8 Å². The van der Waals surface area contributed by atoms with Gasteiger partial charge < -0.3 is 44.9 Å². The van der Waals surface area contributed by atoms with Crippen LogP contribution in [0.2, 0.25) is 0 Å². The van der Waals surface area contributed by atoms with E-state index in [4.69, 9.17) is 14.2 Å². The van der Waals surface area contributed by atoms with Crippen molar-refractivity contribution in [3.05, 3.63) is 83.4 Å². The minimum Gasteiger partial charge on any atom is -0.497 e. The molecule has 6 bridgehead atoms. The summed E-state index contributed by atoms with van der Waals surface area (Å²) >= 11 is 0.808. The van der Waals surface area contributed by atoms with E-state index in [9.17, 15) is 33.6 Å². The van der Waals surface area contributed by atoms with E-state index in [0.29, 0.717) is 39.7 Å². The summed E-state index contributed by atoms with van der Waals surface area (Å²) in [5.74, 6) is -2.27. The van der Waals surface area contributed by atoms with Crippen molar-refractivity contribution in [3.8, 4) is 23.0 Å². The van der Waals surface area contributed by atoms with Crippen molar-refractivity contribution in [1.82, 2.24) is 30.7 Å². The minimum absolute atomic E-state index is 0.00445. The van der Waals surface area contributed by atoms with Gasteiger partial charge in [0.25, 0.3) is 0 Å². The van der Waals surface area contributed by atoms with Gasteiger partial charge in [0.2, 0.25) is 35.4 Å². The highest BCUT2D eigenvalue weighted by Crippen LogP contribution is 2.34. The minimum atomic E-state index is -1.31. The van der Waals surface area contributed by atoms with Crippen molar-refractivity contribution in [2.45, 2.75) is 76.3 Å². The molecule has 3 aliphatic rings. The Morgan fingerprint density at radius 1 is 0.700 bits per heavy atom. The maximum atomic E-state index is 14.7. The highest BCUT2D eigenvalue weighted by atomic mass is 32.2. The number of nitrogens with one attached hydrogen (secondary N) is 3. The number of methoxy groups -OCH3 is 2. The van der Waals surface area contributed by atoms with Crippen molar-refractivity contribution in [2.75, 3.05) is 41.1 Å². The average Bonchev–Trinajstić information content (AvgIpc) is 3.23. The fourth-order valence-corrected chi connectivity index (χ4v) is 7.67. The van der Waals surface area contributed by atoms with Crippen LogP contribution in [0.1, 0.15) is 37.5 Å². The summed E-state index contributed by atoms with van der Waals surface area (Å²) in [7, 11) is 7.33. The number of amides is 6. The van der Waals surface area contributed by atoms with Gasteiger partial charge in [0.05, 0.1) is 14.2 Å². The first kappa shape index (κ1) is 45.0. The summed E-state index contributed by atoms with van der Waals surface area (Å²) in [4.78, 5) is 102. The first-order valence-corrected chi connectivity index (χ1v) is 20.4. The Morgan fingerprint density at radius 3 is 1.95 bits per heavy atom. The molecule has 320 valence electrons. The summed E-state index contributed by atoms with van der Waals surface area (Å²) in [6, 6.07) is 11.7. The summed E-state index contributed by atoms with van der Waals surface area (Å²) < 4.78 is 17.0. The fourth-order valence-electron chi connectivity index (χ4n) is 7.05. The molecule has 6 rings (SSSR count). The molecule has 1 saturated heterocycles. The molecule has 3 heterocycles. The van der Waals surface area contributed by atoms with E-state index in [0.717, 1.165) is 11.8 Å². The topological polar surface area (TPSA) is 193 Å². The molecule has 3 aromatic carbocycles. The van der Waals surface area contributed by atoms with E-state index in [-0.39, 0.29) is 30.1 Å². The maximum absolute atomic E-state index is 14.7. The van der Waals surface area contributed by atoms with E-state index in [1.807, 2.05) is 0 Å². The SMILES string of the molecule is COc1ccc(C[C@H]2C(=O)N[C@@H](C)C(=O)N(C)[C@H]3Cc4ccc(cc4)Oc4cc(ccc4OC)C[C@@H](C(=O)N[C@H](C)C(=O)N[C@@H](CSC(C)=O)C(=O)N2C)N(C)C3=O)cc1. The van der Waals surface area contributed by atoms with Crippen LogP contribution in [0.5, 0.6) is 23.0 Å². The molecule has 3 N–H and O–H groups in total. The van der Waals surface area contributed by atoms with Gasteiger partial charge in [-0.25, -0.2) is 0 Å². The predicted molar refractivity (Wildman–Crippen MR) is 224 cm³/mol. The second-order valence-corrected chi connectivity index (χ2v) is 16.1. The zero-order valence-corrected chi connectivity index (χ0v) is 35.8. The number of fused-ring (bicyclic) bond motifs is 2. The Bertz CT molecular complexity index is 2100. The predicted octanol–water partition coefficient (Wildman–Crippen LogP) is 2.11. The first-order chi connectivity index (χ1) is 28.5. The summed E-state index contributed by atoms with van der Waals surface area (Å²) in [5.41, 5.74) is 1.93. The Hall–Kier alpha value is -6.10. The molecule has 0 radical (unpaired) electrons. The van der Waals surface area contributed by atoms with Gasteiger partial charge >= 0.3 is 0 Å². The second kappa shape index (κ2) is 19.8. The quantitative estimate of drug-likeness (QED) is 0.329. The third-order valence-corrected chi connectivity index (χ3v) is 11.6. The van der Waals surface area contributed by atoms with Gasteiger partial charge in [-0.3, -0.25) is 33.6 Å². The zero-order valence-electron chi connectivity index (χ0n) is 35.0. The standard InChI is InChI=1S/C43H52N6O10S/c1-24-38(51)46-32(23-60-26(3)50)42(55)47(4)33(19-27-9-14-30(57-7)15-10-27)40(53)45-25(2)41(54)49(6)35-20-28-11-16-31(17-12-28)59-37-22-29(13-18-36(37)58-8)21-34(39(52)44-24)48(5)43(35)56/h9-18,22,24-25,32-35H,19-21,23H2,1-8H3,(H,44,52)(H,45,53)(H,46,51)/t24-,25+,32+,33+,34+,35+/m1/s1. The van der Waals surface area contributed by atoms with Gasteiger partial charge in [0, 0.05) is 53.1 Å². The average molecular weight is 845 g/mol. The van der Waals surface area contributed by atoms with Crippen LogP contribution in [-0.4, -0.2) is 133 Å². The zero-order chi connectivity index (χ0) is 43.8. The first-order valence-electron chi connectivity index (χ1n) is 19.4. The van der Waals surface area contributed by atoms with Crippen molar-refractivity contribution >= 4 is 52.3 Å². The monoisotopic (exact) mass is 844 g/mol. The molecule has 0 aliphatic carbocycles. The van der Waals surface area contributed by atoms with Crippen LogP contribution in [0, 0.1) is 0 Å². The molecule has 6 amide bonds. The third-order valence-electron chi connectivity index (χ3n) is 10.7. The highest BCUT2D eigenvalue weighted by molar-refractivity contribution is 8.13. The molecule has 1 fully saturated rings. The van der Waals surface area contributed by atoms with E-state index >= 15 is 0 Å². The molecule has 60 heavy (non-hydrogen) atoms. The van der Waals surface area contributed by atoms with Crippen LogP contribution in [0.4, 0.5) is 0 Å². The molecule has 0 saturated carbocycles. The lowest BCUT2D eigenvalue weighted by Crippen LogP contribution is -2.62. The number of nitrogens with zero attached hydrogens (tertiary/aromatic N) is 3. The largest absolute Gasteiger partial charge is 0.497 e. The molecule has 16 nitrogen and oxygen atoms in total. The van der Waals surface area contributed by atoms with E-state index < -0.39 is 71.7 Å². The normalized spacial score (nSPS) is 23.4. The Balaban J connectivity index is 1.61. The van der Waals surface area contributed by atoms with Crippen LogP contribution < -0.4 is 30.2 Å². The Morgan fingerprint density at radius 2 is 1.32 bits per heavy atom. The van der Waals surface area contributed by atoms with Gasteiger partial charge in [0.15, 0.2) is 16.6 Å². The van der Waals surface area contributed by atoms with E-state index in [1.54, 1.807) is 66.7 Å². The van der Waals surface area contributed by atoms with Crippen molar-refractivity contribution in [1.29, 1.82) is 0 Å². The van der Waals surface area contributed by atoms with Crippen LogP contribution in [0.3, 0.4) is 0 Å². The highest BCUT2D eigenvalue weighted by Gasteiger charge is 2.40. The number of rotatable bonds is 6. The van der Waals surface area contributed by atoms with Gasteiger partial charge in [0.1, 0.15) is 47.8 Å². The molecular weight excluding hydrogens is 793 g/mol. The summed E-state index contributed by atoms with van der Waals surface area (Å²) in [5, 5.41) is 7.83. The van der Waals surface area contributed by atoms with Gasteiger partial charge in [-0.05, 0) is 66.9 Å². The number of likely N-dealkylation sites (N-methyl/N-ethyl adjacent to an activating group) is 3. The van der Waals surface area contributed by atoms with Crippen LogP contribution in [-0.2, 0) is 52.8 Å². The third kappa shape index (κ3) is 10.7. The molecule has 6 atom stereocenters. The number of ether oxygens (including phenoxy) is 3. The molecule has 3 aromatic rings. The molecule has 3 aliphatic heterocycles. The number of carbonyl (C=O) groups excluding carboxylic acids is 7. The lowest BCUT2D eigenvalue weighted by Gasteiger charge is -2.37. The number of thioether (sulfide) groups is 1. The van der Waals surface area contributed by atoms with Crippen LogP contribution >= 0.6 is 11.8 Å². The maximum Gasteiger partial charge on any atom is 0.246 e. The van der Waals surface area contributed by atoms with Crippen LogP contribution in [0.15, 0.2) is 66.7 Å². The Labute approximate surface area is 353 Å². The van der Waals surface area contributed by atoms with Gasteiger partial charge in [-0.15, -0.1) is 0 Å². The summed E-state index contributed by atoms with van der Waals surface area (Å²) in [6.07, 6.45) is 0.00351. The fraction of sp³-hybridized carbons (Fsp3) is 0.419. The van der Waals surface area contributed by atoms with E-state index in [2.05, 4.69) is 16.0 Å². The van der Waals surface area contributed by atoms with Crippen molar-refractivity contribution in [2.24, 2.45) is 0 Å². The van der Waals surface area contributed by atoms with Crippen molar-refractivity contribution in [3.63, 3.8) is 0 Å². The molecular formula is C43H52N6O10S. The molecule has 0 aromatic heterocycles. The molecule has 17 heteroatoms. The van der Waals surface area contributed by atoms with Gasteiger partial charge in [-0.2, -0.15) is 0 Å². The molecule has 0 unspecified atom stereocenters. The number of hydrogen-bond acceptors (Lipinski definition) is 11. The number of hydrogen-bond donors (Lipinski definition) is 3. The number of carbonyl (C=O) groups is 7. The molecule has 0 spiro atoms.